The standard InChI is InChI=1S/C16H19N7O2/c1-4-25-15-13-11(7-17)8-18-14(13)21-16(22-15)20-12-9-19-23(10(12)2)5-6-24-3/h8-9H,4-6H2,1-3H3,(H2,18,20,21,22). The summed E-state index contributed by atoms with van der Waals surface area (Å²) in [7, 11) is 1.65. The van der Waals surface area contributed by atoms with Gasteiger partial charge in [0, 0.05) is 13.3 Å². The number of fused-ring (bicyclic) bond motifs is 1. The lowest BCUT2D eigenvalue weighted by atomic mass is 10.2. The van der Waals surface area contributed by atoms with E-state index in [0.717, 1.165) is 11.4 Å². The van der Waals surface area contributed by atoms with Gasteiger partial charge in [-0.2, -0.15) is 20.3 Å². The lowest BCUT2D eigenvalue weighted by molar-refractivity contribution is 0.183. The van der Waals surface area contributed by atoms with Gasteiger partial charge in [0.05, 0.1) is 48.3 Å². The number of hydrogen-bond acceptors (Lipinski definition) is 7. The summed E-state index contributed by atoms with van der Waals surface area (Å²) in [5.74, 6) is 0.744. The maximum absolute atomic E-state index is 9.21. The molecule has 0 saturated carbocycles. The molecule has 0 aliphatic carbocycles. The fraction of sp³-hybridized carbons (Fsp3) is 0.375. The zero-order valence-electron chi connectivity index (χ0n) is 14.3. The quantitative estimate of drug-likeness (QED) is 0.676. The third-order valence-electron chi connectivity index (χ3n) is 3.76. The van der Waals surface area contributed by atoms with E-state index in [1.54, 1.807) is 19.5 Å². The molecule has 3 aromatic heterocycles. The average molecular weight is 341 g/mol. The van der Waals surface area contributed by atoms with Gasteiger partial charge in [0.2, 0.25) is 11.8 Å². The monoisotopic (exact) mass is 341 g/mol. The van der Waals surface area contributed by atoms with Crippen LogP contribution < -0.4 is 10.1 Å². The van der Waals surface area contributed by atoms with Crippen molar-refractivity contribution in [3.05, 3.63) is 23.7 Å². The van der Waals surface area contributed by atoms with Crippen LogP contribution in [0.15, 0.2) is 12.4 Å². The second-order valence-corrected chi connectivity index (χ2v) is 5.31. The first-order valence-electron chi connectivity index (χ1n) is 7.88. The number of hydrogen-bond donors (Lipinski definition) is 2. The van der Waals surface area contributed by atoms with E-state index >= 15 is 0 Å². The molecule has 3 aromatic rings. The zero-order valence-corrected chi connectivity index (χ0v) is 14.3. The molecule has 25 heavy (non-hydrogen) atoms. The number of nitrogens with zero attached hydrogens (tertiary/aromatic N) is 5. The molecule has 0 spiro atoms. The van der Waals surface area contributed by atoms with Crippen molar-refractivity contribution < 1.29 is 9.47 Å². The van der Waals surface area contributed by atoms with Crippen molar-refractivity contribution in [2.24, 2.45) is 0 Å². The lowest BCUT2D eigenvalue weighted by Crippen LogP contribution is -2.08. The number of nitrogens with one attached hydrogen (secondary N) is 2. The van der Waals surface area contributed by atoms with Gasteiger partial charge in [-0.25, -0.2) is 0 Å². The lowest BCUT2D eigenvalue weighted by Gasteiger charge is -2.09. The van der Waals surface area contributed by atoms with E-state index in [9.17, 15) is 5.26 Å². The molecule has 0 unspecified atom stereocenters. The number of H-pyrrole nitrogens is 1. The Bertz CT molecular complexity index is 923. The second-order valence-electron chi connectivity index (χ2n) is 5.31. The van der Waals surface area contributed by atoms with Crippen LogP contribution in [0.4, 0.5) is 11.6 Å². The molecule has 130 valence electrons. The number of ether oxygens (including phenoxy) is 2. The molecule has 0 atom stereocenters. The highest BCUT2D eigenvalue weighted by Gasteiger charge is 2.16. The van der Waals surface area contributed by atoms with Gasteiger partial charge in [-0.3, -0.25) is 4.68 Å². The van der Waals surface area contributed by atoms with Gasteiger partial charge >= 0.3 is 0 Å². The molecule has 0 radical (unpaired) electrons. The van der Waals surface area contributed by atoms with Crippen molar-refractivity contribution in [1.29, 1.82) is 5.26 Å². The largest absolute Gasteiger partial charge is 0.477 e. The summed E-state index contributed by atoms with van der Waals surface area (Å²) in [6, 6.07) is 2.11. The van der Waals surface area contributed by atoms with Crippen LogP contribution in [-0.2, 0) is 11.3 Å². The van der Waals surface area contributed by atoms with Crippen molar-refractivity contribution in [2.45, 2.75) is 20.4 Å². The Balaban J connectivity index is 1.94. The highest BCUT2D eigenvalue weighted by molar-refractivity contribution is 5.88. The third-order valence-corrected chi connectivity index (χ3v) is 3.76. The Morgan fingerprint density at radius 2 is 2.24 bits per heavy atom. The van der Waals surface area contributed by atoms with Crippen molar-refractivity contribution in [3.8, 4) is 11.9 Å². The Hall–Kier alpha value is -3.12. The average Bonchev–Trinajstić information content (AvgIpc) is 3.18. The summed E-state index contributed by atoms with van der Waals surface area (Å²) in [5, 5.41) is 17.3. The first-order chi connectivity index (χ1) is 12.2. The van der Waals surface area contributed by atoms with E-state index in [1.165, 1.54) is 0 Å². The summed E-state index contributed by atoms with van der Waals surface area (Å²) >= 11 is 0. The van der Waals surface area contributed by atoms with Gasteiger partial charge in [-0.1, -0.05) is 0 Å². The van der Waals surface area contributed by atoms with Gasteiger partial charge in [0.25, 0.3) is 0 Å². The number of aromatic nitrogens is 5. The van der Waals surface area contributed by atoms with Crippen molar-refractivity contribution >= 4 is 22.7 Å². The topological polar surface area (TPSA) is 114 Å². The van der Waals surface area contributed by atoms with E-state index in [1.807, 2.05) is 18.5 Å². The van der Waals surface area contributed by atoms with Gasteiger partial charge < -0.3 is 19.8 Å². The van der Waals surface area contributed by atoms with E-state index in [4.69, 9.17) is 9.47 Å². The van der Waals surface area contributed by atoms with Crippen LogP contribution >= 0.6 is 0 Å². The Kier molecular flexibility index (Phi) is 4.81. The smallest absolute Gasteiger partial charge is 0.232 e. The van der Waals surface area contributed by atoms with Crippen molar-refractivity contribution in [1.82, 2.24) is 24.7 Å². The number of anilines is 2. The molecule has 3 rings (SSSR count). The molecule has 0 amide bonds. The zero-order chi connectivity index (χ0) is 17.8. The maximum atomic E-state index is 9.21. The molecule has 0 fully saturated rings. The molecule has 2 N–H and O–H groups in total. The van der Waals surface area contributed by atoms with Crippen molar-refractivity contribution in [2.75, 3.05) is 25.6 Å². The number of rotatable bonds is 7. The number of methoxy groups -OCH3 is 1. The maximum Gasteiger partial charge on any atom is 0.232 e. The van der Waals surface area contributed by atoms with Gasteiger partial charge in [0.15, 0.2) is 0 Å². The van der Waals surface area contributed by atoms with Crippen LogP contribution in [0, 0.1) is 18.3 Å². The molecular formula is C16H19N7O2. The first-order valence-corrected chi connectivity index (χ1v) is 7.88. The molecule has 0 aliphatic heterocycles. The minimum absolute atomic E-state index is 0.372. The van der Waals surface area contributed by atoms with E-state index in [-0.39, 0.29) is 0 Å². The number of nitriles is 1. The molecule has 0 bridgehead atoms. The molecule has 0 aromatic carbocycles. The van der Waals surface area contributed by atoms with Gasteiger partial charge in [-0.05, 0) is 13.8 Å². The van der Waals surface area contributed by atoms with Gasteiger partial charge in [-0.15, -0.1) is 0 Å². The van der Waals surface area contributed by atoms with Crippen LogP contribution in [0.3, 0.4) is 0 Å². The normalized spacial score (nSPS) is 10.8. The highest BCUT2D eigenvalue weighted by Crippen LogP contribution is 2.28. The summed E-state index contributed by atoms with van der Waals surface area (Å²) in [6.07, 6.45) is 3.31. The fourth-order valence-corrected chi connectivity index (χ4v) is 2.48. The Morgan fingerprint density at radius 1 is 1.40 bits per heavy atom. The Morgan fingerprint density at radius 3 is 2.96 bits per heavy atom. The first kappa shape index (κ1) is 16.7. The molecule has 3 heterocycles. The van der Waals surface area contributed by atoms with Gasteiger partial charge in [0.1, 0.15) is 11.7 Å². The third kappa shape index (κ3) is 3.25. The summed E-state index contributed by atoms with van der Waals surface area (Å²) in [4.78, 5) is 11.8. The molecule has 9 heteroatoms. The minimum atomic E-state index is 0.372. The number of aromatic amines is 1. The van der Waals surface area contributed by atoms with Crippen LogP contribution in [0.25, 0.3) is 11.0 Å². The Labute approximate surface area is 144 Å². The minimum Gasteiger partial charge on any atom is -0.477 e. The van der Waals surface area contributed by atoms with Crippen LogP contribution in [0.5, 0.6) is 5.88 Å². The molecular weight excluding hydrogens is 322 g/mol. The van der Waals surface area contributed by atoms with Crippen LogP contribution in [0.2, 0.25) is 0 Å². The summed E-state index contributed by atoms with van der Waals surface area (Å²) < 4.78 is 12.5. The van der Waals surface area contributed by atoms with Crippen LogP contribution in [-0.4, -0.2) is 45.1 Å². The van der Waals surface area contributed by atoms with E-state index < -0.39 is 0 Å². The second kappa shape index (κ2) is 7.19. The van der Waals surface area contributed by atoms with Crippen LogP contribution in [0.1, 0.15) is 18.2 Å². The summed E-state index contributed by atoms with van der Waals surface area (Å²) in [6.45, 7) is 5.50. The molecule has 0 aliphatic rings. The van der Waals surface area contributed by atoms with E-state index in [0.29, 0.717) is 48.2 Å². The SMILES string of the molecule is CCOc1nc(Nc2cnn(CCOC)c2C)nc2[nH]cc(C#N)c12. The predicted molar refractivity (Wildman–Crippen MR) is 91.9 cm³/mol. The summed E-state index contributed by atoms with van der Waals surface area (Å²) in [5.41, 5.74) is 2.74. The molecule has 9 nitrogen and oxygen atoms in total. The predicted octanol–water partition coefficient (Wildman–Crippen LogP) is 2.12. The van der Waals surface area contributed by atoms with E-state index in [2.05, 4.69) is 31.4 Å². The molecule has 0 saturated heterocycles. The van der Waals surface area contributed by atoms with Crippen molar-refractivity contribution in [3.63, 3.8) is 0 Å². The fourth-order valence-electron chi connectivity index (χ4n) is 2.48. The highest BCUT2D eigenvalue weighted by atomic mass is 16.5.